The lowest BCUT2D eigenvalue weighted by molar-refractivity contribution is -0.395. The van der Waals surface area contributed by atoms with E-state index >= 15 is 0 Å². The lowest BCUT2D eigenvalue weighted by Gasteiger charge is -2.14. The molecular weight excluding hydrogens is 618 g/mol. The maximum absolute atomic E-state index is 13.5. The van der Waals surface area contributed by atoms with Crippen LogP contribution in [0.2, 0.25) is 0 Å². The first kappa shape index (κ1) is 31.9. The van der Waals surface area contributed by atoms with E-state index < -0.39 is 62.6 Å². The summed E-state index contributed by atoms with van der Waals surface area (Å²) >= 11 is 0. The van der Waals surface area contributed by atoms with Gasteiger partial charge in [0.1, 0.15) is 5.56 Å². The molecule has 0 fully saturated rings. The number of rotatable bonds is 11. The second-order valence-electron chi connectivity index (χ2n) is 9.76. The lowest BCUT2D eigenvalue weighted by Crippen LogP contribution is -2.17. The molecule has 0 amide bonds. The summed E-state index contributed by atoms with van der Waals surface area (Å²) in [5, 5.41) is 34.3. The molecule has 14 nitrogen and oxygen atoms in total. The molecule has 4 aromatic carbocycles. The summed E-state index contributed by atoms with van der Waals surface area (Å²) in [4.78, 5) is 30.9. The minimum Gasteiger partial charge on any atom is -0.258 e. The van der Waals surface area contributed by atoms with Crippen LogP contribution in [0.3, 0.4) is 0 Å². The molecule has 0 atom stereocenters. The summed E-state index contributed by atoms with van der Waals surface area (Å²) in [6, 6.07) is 16.4. The first-order chi connectivity index (χ1) is 20.6. The van der Waals surface area contributed by atoms with Crippen molar-refractivity contribution in [3.8, 4) is 0 Å². The van der Waals surface area contributed by atoms with Crippen LogP contribution in [-0.2, 0) is 36.7 Å². The third-order valence-corrected chi connectivity index (χ3v) is 9.89. The van der Waals surface area contributed by atoms with Crippen molar-refractivity contribution in [1.29, 1.82) is 0 Å². The van der Waals surface area contributed by atoms with Crippen molar-refractivity contribution in [2.75, 3.05) is 0 Å². The minimum atomic E-state index is -5.12. The van der Waals surface area contributed by atoms with Gasteiger partial charge in [0.05, 0.1) is 24.6 Å². The van der Waals surface area contributed by atoms with Crippen molar-refractivity contribution in [3.05, 3.63) is 143 Å². The zero-order valence-electron chi connectivity index (χ0n) is 23.1. The normalized spacial score (nSPS) is 11.7. The summed E-state index contributed by atoms with van der Waals surface area (Å²) < 4.78 is 58.7. The fourth-order valence-corrected chi connectivity index (χ4v) is 7.51. The van der Waals surface area contributed by atoms with E-state index in [-0.39, 0.29) is 28.8 Å². The first-order valence-corrected chi connectivity index (χ1v) is 15.4. The van der Waals surface area contributed by atoms with Crippen LogP contribution in [0.5, 0.6) is 0 Å². The molecule has 16 heteroatoms. The minimum absolute atomic E-state index is 0.0330. The van der Waals surface area contributed by atoms with Crippen LogP contribution in [0, 0.1) is 44.2 Å². The van der Waals surface area contributed by atoms with Gasteiger partial charge >= 0.3 is 20.2 Å². The van der Waals surface area contributed by atoms with Gasteiger partial charge in [0.25, 0.3) is 17.1 Å². The quantitative estimate of drug-likeness (QED) is 0.151. The standard InChI is InChI=1S/C28H23N3O11S2/c1-18-6-12-27(21(14-18)16-20-8-10-23(11-9-20)29(32)33)43(38,39)42-44(40,41)28-13-7-19(2)15-22(28)17-24-25(30(34)35)4-3-5-26(24)31(36)37/h3-15H,16-17H2,1-2H3. The van der Waals surface area contributed by atoms with Crippen molar-refractivity contribution < 1.29 is 35.2 Å². The molecule has 0 saturated heterocycles. The summed E-state index contributed by atoms with van der Waals surface area (Å²) in [7, 11) is -10.1. The molecule has 0 spiro atoms. The van der Waals surface area contributed by atoms with E-state index in [0.717, 1.165) is 24.3 Å². The van der Waals surface area contributed by atoms with Gasteiger partial charge in [-0.1, -0.05) is 47.5 Å². The van der Waals surface area contributed by atoms with Crippen LogP contribution in [0.4, 0.5) is 17.1 Å². The third kappa shape index (κ3) is 6.94. The number of nitrogens with zero attached hydrogens (tertiary/aromatic N) is 3. The molecule has 228 valence electrons. The van der Waals surface area contributed by atoms with Gasteiger partial charge in [0.2, 0.25) is 0 Å². The highest BCUT2D eigenvalue weighted by atomic mass is 32.3. The third-order valence-electron chi connectivity index (χ3n) is 6.58. The molecule has 0 bridgehead atoms. The summed E-state index contributed by atoms with van der Waals surface area (Å²) in [5.74, 6) is 0. The van der Waals surface area contributed by atoms with Crippen LogP contribution < -0.4 is 0 Å². The fourth-order valence-electron chi connectivity index (χ4n) is 4.60. The van der Waals surface area contributed by atoms with Gasteiger partial charge in [-0.15, -0.1) is 3.63 Å². The molecule has 0 N–H and O–H groups in total. The Hall–Kier alpha value is -5.06. The number of hydrogen-bond donors (Lipinski definition) is 0. The van der Waals surface area contributed by atoms with Crippen LogP contribution in [0.15, 0.2) is 88.7 Å². The van der Waals surface area contributed by atoms with E-state index in [1.54, 1.807) is 13.8 Å². The number of non-ortho nitro benzene ring substituents is 1. The zero-order valence-corrected chi connectivity index (χ0v) is 24.7. The molecule has 0 radical (unpaired) electrons. The van der Waals surface area contributed by atoms with E-state index in [2.05, 4.69) is 0 Å². The maximum Gasteiger partial charge on any atom is 0.312 e. The Morgan fingerprint density at radius 3 is 1.50 bits per heavy atom. The molecule has 0 heterocycles. The predicted molar refractivity (Wildman–Crippen MR) is 156 cm³/mol. The van der Waals surface area contributed by atoms with Crippen molar-refractivity contribution in [1.82, 2.24) is 0 Å². The second kappa shape index (κ2) is 12.3. The van der Waals surface area contributed by atoms with Gasteiger partial charge in [0.15, 0.2) is 0 Å². The van der Waals surface area contributed by atoms with Crippen LogP contribution in [0.25, 0.3) is 0 Å². The topological polar surface area (TPSA) is 207 Å². The molecule has 0 saturated carbocycles. The molecule has 4 rings (SSSR count). The Labute approximate surface area is 251 Å². The lowest BCUT2D eigenvalue weighted by atomic mass is 10.00. The van der Waals surface area contributed by atoms with E-state index in [1.165, 1.54) is 54.6 Å². The van der Waals surface area contributed by atoms with Gasteiger partial charge in [-0.25, -0.2) is 0 Å². The molecule has 0 unspecified atom stereocenters. The van der Waals surface area contributed by atoms with E-state index in [1.807, 2.05) is 0 Å². The predicted octanol–water partition coefficient (Wildman–Crippen LogP) is 5.30. The number of nitro groups is 3. The van der Waals surface area contributed by atoms with Gasteiger partial charge in [-0.3, -0.25) is 30.3 Å². The highest BCUT2D eigenvalue weighted by Gasteiger charge is 2.32. The van der Waals surface area contributed by atoms with Crippen molar-refractivity contribution in [3.63, 3.8) is 0 Å². The second-order valence-corrected chi connectivity index (χ2v) is 13.0. The Balaban J connectivity index is 1.75. The SMILES string of the molecule is Cc1ccc(S(=O)(=O)OS(=O)(=O)c2ccc(C)cc2Cc2c([N+](=O)[O-])cccc2[N+](=O)[O-])c(Cc2ccc([N+](=O)[O-])cc2)c1. The van der Waals surface area contributed by atoms with Crippen LogP contribution in [-0.4, -0.2) is 31.6 Å². The number of benzene rings is 4. The van der Waals surface area contributed by atoms with Crippen molar-refractivity contribution in [2.45, 2.75) is 36.5 Å². The number of nitro benzene ring substituents is 3. The van der Waals surface area contributed by atoms with Crippen molar-refractivity contribution in [2.24, 2.45) is 0 Å². The summed E-state index contributed by atoms with van der Waals surface area (Å²) in [5.41, 5.74) is -0.130. The van der Waals surface area contributed by atoms with E-state index in [0.29, 0.717) is 16.7 Å². The average molecular weight is 642 g/mol. The van der Waals surface area contributed by atoms with Gasteiger partial charge in [0, 0.05) is 30.7 Å². The largest absolute Gasteiger partial charge is 0.312 e. The van der Waals surface area contributed by atoms with Gasteiger partial charge in [-0.2, -0.15) is 16.8 Å². The maximum atomic E-state index is 13.5. The van der Waals surface area contributed by atoms with Crippen molar-refractivity contribution >= 4 is 37.3 Å². The smallest absolute Gasteiger partial charge is 0.258 e. The highest BCUT2D eigenvalue weighted by Crippen LogP contribution is 2.34. The molecule has 0 aliphatic heterocycles. The average Bonchev–Trinajstić information content (AvgIpc) is 2.92. The van der Waals surface area contributed by atoms with Crippen LogP contribution >= 0.6 is 0 Å². The zero-order chi connectivity index (χ0) is 32.4. The molecule has 0 aromatic heterocycles. The summed E-state index contributed by atoms with van der Waals surface area (Å²) in [6.07, 6.45) is -0.627. The first-order valence-electron chi connectivity index (χ1n) is 12.6. The Bertz CT molecular complexity index is 1990. The van der Waals surface area contributed by atoms with E-state index in [9.17, 15) is 47.2 Å². The number of hydrogen-bond acceptors (Lipinski definition) is 11. The molecular formula is C28H23N3O11S2. The Morgan fingerprint density at radius 2 is 1.07 bits per heavy atom. The Kier molecular flexibility index (Phi) is 8.89. The molecule has 4 aromatic rings. The fraction of sp³-hybridized carbons (Fsp3) is 0.143. The summed E-state index contributed by atoms with van der Waals surface area (Å²) in [6.45, 7) is 3.27. The highest BCUT2D eigenvalue weighted by molar-refractivity contribution is 8.00. The van der Waals surface area contributed by atoms with Crippen LogP contribution in [0.1, 0.15) is 33.4 Å². The van der Waals surface area contributed by atoms with E-state index in [4.69, 9.17) is 3.63 Å². The van der Waals surface area contributed by atoms with Gasteiger partial charge < -0.3 is 0 Å². The monoisotopic (exact) mass is 641 g/mol. The molecule has 44 heavy (non-hydrogen) atoms. The van der Waals surface area contributed by atoms with Gasteiger partial charge in [-0.05, 0) is 55.2 Å². The molecule has 0 aliphatic rings. The molecule has 0 aliphatic carbocycles. The Morgan fingerprint density at radius 1 is 0.614 bits per heavy atom. The number of aryl methyl sites for hydroxylation is 2.